The molecule has 1 aromatic heterocycles. The Kier molecular flexibility index (Phi) is 5.12. The van der Waals surface area contributed by atoms with Gasteiger partial charge in [0.05, 0.1) is 24.8 Å². The quantitative estimate of drug-likeness (QED) is 0.711. The summed E-state index contributed by atoms with van der Waals surface area (Å²) in [4.78, 5) is 28.1. The highest BCUT2D eigenvalue weighted by Crippen LogP contribution is 2.22. The Morgan fingerprint density at radius 1 is 1.08 bits per heavy atom. The lowest BCUT2D eigenvalue weighted by atomic mass is 10.2. The summed E-state index contributed by atoms with van der Waals surface area (Å²) in [5.74, 6) is 0.467. The summed E-state index contributed by atoms with van der Waals surface area (Å²) in [6.45, 7) is 1.78. The zero-order valence-electron chi connectivity index (χ0n) is 14.5. The molecule has 0 fully saturated rings. The zero-order valence-corrected chi connectivity index (χ0v) is 14.5. The molecule has 1 heterocycles. The first-order valence-corrected chi connectivity index (χ1v) is 8.07. The van der Waals surface area contributed by atoms with E-state index in [1.165, 1.54) is 7.11 Å². The lowest BCUT2D eigenvalue weighted by molar-refractivity contribution is -0.115. The molecule has 0 radical (unpaired) electrons. The van der Waals surface area contributed by atoms with E-state index in [9.17, 15) is 9.59 Å². The van der Waals surface area contributed by atoms with Crippen LogP contribution in [0.15, 0.2) is 59.0 Å². The first-order chi connectivity index (χ1) is 12.6. The van der Waals surface area contributed by atoms with Crippen LogP contribution in [0.5, 0.6) is 0 Å². The Labute approximate surface area is 150 Å². The smallest absolute Gasteiger partial charge is 0.337 e. The lowest BCUT2D eigenvalue weighted by Gasteiger charge is -2.05. The number of esters is 1. The number of methoxy groups -OCH3 is 1. The number of carbonyl (C=O) groups is 2. The number of hydrogen-bond acceptors (Lipinski definition) is 5. The van der Waals surface area contributed by atoms with Gasteiger partial charge in [-0.2, -0.15) is 0 Å². The number of anilines is 1. The number of carbonyl (C=O) groups excluding carboxylic acids is 2. The van der Waals surface area contributed by atoms with Crippen molar-refractivity contribution in [2.45, 2.75) is 13.3 Å². The van der Waals surface area contributed by atoms with E-state index in [0.29, 0.717) is 28.6 Å². The molecular formula is C20H18N2O4. The Morgan fingerprint density at radius 2 is 1.77 bits per heavy atom. The van der Waals surface area contributed by atoms with E-state index in [1.54, 1.807) is 31.2 Å². The number of aryl methyl sites for hydroxylation is 1. The van der Waals surface area contributed by atoms with Gasteiger partial charge in [0.25, 0.3) is 0 Å². The maximum atomic E-state index is 12.3. The number of aromatic nitrogens is 1. The minimum Gasteiger partial charge on any atom is -0.465 e. The van der Waals surface area contributed by atoms with Crippen molar-refractivity contribution in [2.24, 2.45) is 0 Å². The predicted octanol–water partition coefficient (Wildman–Crippen LogP) is 3.62. The minimum absolute atomic E-state index is 0.0981. The van der Waals surface area contributed by atoms with Crippen LogP contribution in [0.3, 0.4) is 0 Å². The largest absolute Gasteiger partial charge is 0.465 e. The molecule has 3 aromatic rings. The second kappa shape index (κ2) is 7.65. The predicted molar refractivity (Wildman–Crippen MR) is 96.8 cm³/mol. The first-order valence-electron chi connectivity index (χ1n) is 8.07. The number of amides is 1. The average molecular weight is 350 g/mol. The minimum atomic E-state index is -0.422. The van der Waals surface area contributed by atoms with Gasteiger partial charge in [0.2, 0.25) is 11.8 Å². The molecule has 6 heteroatoms. The SMILES string of the molecule is COC(=O)c1ccc(NC(=O)Cc2nc(-c3ccccc3)oc2C)cc1. The third kappa shape index (κ3) is 3.97. The van der Waals surface area contributed by atoms with Gasteiger partial charge in [-0.3, -0.25) is 4.79 Å². The molecule has 0 aliphatic heterocycles. The lowest BCUT2D eigenvalue weighted by Crippen LogP contribution is -2.15. The fourth-order valence-corrected chi connectivity index (χ4v) is 2.46. The Hall–Kier alpha value is -3.41. The molecule has 0 atom stereocenters. The zero-order chi connectivity index (χ0) is 18.5. The molecule has 0 saturated carbocycles. The van der Waals surface area contributed by atoms with Gasteiger partial charge in [0, 0.05) is 11.3 Å². The van der Waals surface area contributed by atoms with Gasteiger partial charge in [0.15, 0.2) is 0 Å². The summed E-state index contributed by atoms with van der Waals surface area (Å²) in [6.07, 6.45) is 0.0981. The second-order valence-corrected chi connectivity index (χ2v) is 5.68. The van der Waals surface area contributed by atoms with Crippen molar-refractivity contribution in [1.82, 2.24) is 4.98 Å². The molecule has 0 aliphatic rings. The molecule has 2 aromatic carbocycles. The fraction of sp³-hybridized carbons (Fsp3) is 0.150. The Bertz CT molecular complexity index is 915. The van der Waals surface area contributed by atoms with Crippen LogP contribution in [-0.4, -0.2) is 24.0 Å². The van der Waals surface area contributed by atoms with E-state index >= 15 is 0 Å². The van der Waals surface area contributed by atoms with E-state index in [2.05, 4.69) is 15.0 Å². The van der Waals surface area contributed by atoms with E-state index < -0.39 is 5.97 Å². The molecule has 1 amide bonds. The average Bonchev–Trinajstić information content (AvgIpc) is 3.03. The normalized spacial score (nSPS) is 10.4. The third-order valence-electron chi connectivity index (χ3n) is 3.83. The molecule has 0 bridgehead atoms. The van der Waals surface area contributed by atoms with Crippen molar-refractivity contribution in [3.8, 4) is 11.5 Å². The second-order valence-electron chi connectivity index (χ2n) is 5.68. The van der Waals surface area contributed by atoms with Crippen LogP contribution in [0.2, 0.25) is 0 Å². The Morgan fingerprint density at radius 3 is 2.42 bits per heavy atom. The molecular weight excluding hydrogens is 332 g/mol. The van der Waals surface area contributed by atoms with E-state index in [4.69, 9.17) is 4.42 Å². The summed E-state index contributed by atoms with van der Waals surface area (Å²) < 4.78 is 10.3. The molecule has 3 rings (SSSR count). The summed E-state index contributed by atoms with van der Waals surface area (Å²) in [5, 5.41) is 2.78. The van der Waals surface area contributed by atoms with Crippen LogP contribution in [0.4, 0.5) is 5.69 Å². The van der Waals surface area contributed by atoms with Crippen molar-refractivity contribution in [3.63, 3.8) is 0 Å². The van der Waals surface area contributed by atoms with Crippen molar-refractivity contribution in [1.29, 1.82) is 0 Å². The van der Waals surface area contributed by atoms with Crippen LogP contribution in [0.25, 0.3) is 11.5 Å². The van der Waals surface area contributed by atoms with Gasteiger partial charge in [-0.1, -0.05) is 18.2 Å². The maximum Gasteiger partial charge on any atom is 0.337 e. The van der Waals surface area contributed by atoms with E-state index in [-0.39, 0.29) is 12.3 Å². The van der Waals surface area contributed by atoms with Gasteiger partial charge >= 0.3 is 5.97 Å². The number of hydrogen-bond donors (Lipinski definition) is 1. The van der Waals surface area contributed by atoms with Gasteiger partial charge in [-0.15, -0.1) is 0 Å². The summed E-state index contributed by atoms with van der Waals surface area (Å²) in [6, 6.07) is 16.0. The van der Waals surface area contributed by atoms with Crippen LogP contribution >= 0.6 is 0 Å². The van der Waals surface area contributed by atoms with Crippen molar-refractivity contribution in [3.05, 3.63) is 71.6 Å². The van der Waals surface area contributed by atoms with Crippen LogP contribution < -0.4 is 5.32 Å². The molecule has 0 saturated heterocycles. The highest BCUT2D eigenvalue weighted by atomic mass is 16.5. The first kappa shape index (κ1) is 17.4. The molecule has 26 heavy (non-hydrogen) atoms. The number of nitrogens with zero attached hydrogens (tertiary/aromatic N) is 1. The molecule has 1 N–H and O–H groups in total. The molecule has 0 aliphatic carbocycles. The molecule has 0 unspecified atom stereocenters. The number of nitrogens with one attached hydrogen (secondary N) is 1. The van der Waals surface area contributed by atoms with Gasteiger partial charge < -0.3 is 14.5 Å². The molecule has 0 spiro atoms. The van der Waals surface area contributed by atoms with Crippen LogP contribution in [0.1, 0.15) is 21.8 Å². The highest BCUT2D eigenvalue weighted by Gasteiger charge is 2.15. The summed E-state index contributed by atoms with van der Waals surface area (Å²) in [7, 11) is 1.32. The van der Waals surface area contributed by atoms with Crippen LogP contribution in [0, 0.1) is 6.92 Å². The van der Waals surface area contributed by atoms with Gasteiger partial charge in [-0.05, 0) is 43.3 Å². The molecule has 132 valence electrons. The fourth-order valence-electron chi connectivity index (χ4n) is 2.46. The standard InChI is InChI=1S/C20H18N2O4/c1-13-17(22-19(26-13)14-6-4-3-5-7-14)12-18(23)21-16-10-8-15(9-11-16)20(24)25-2/h3-11H,12H2,1-2H3,(H,21,23). The van der Waals surface area contributed by atoms with Crippen molar-refractivity contribution < 1.29 is 18.7 Å². The topological polar surface area (TPSA) is 81.4 Å². The highest BCUT2D eigenvalue weighted by molar-refractivity contribution is 5.93. The summed E-state index contributed by atoms with van der Waals surface area (Å²) in [5.41, 5.74) is 2.46. The van der Waals surface area contributed by atoms with Crippen LogP contribution in [-0.2, 0) is 16.0 Å². The van der Waals surface area contributed by atoms with E-state index in [1.807, 2.05) is 30.3 Å². The van der Waals surface area contributed by atoms with E-state index in [0.717, 1.165) is 5.56 Å². The Balaban J connectivity index is 1.67. The van der Waals surface area contributed by atoms with Gasteiger partial charge in [0.1, 0.15) is 5.76 Å². The number of benzene rings is 2. The summed E-state index contributed by atoms with van der Waals surface area (Å²) >= 11 is 0. The van der Waals surface area contributed by atoms with Gasteiger partial charge in [-0.25, -0.2) is 9.78 Å². The van der Waals surface area contributed by atoms with Crippen molar-refractivity contribution in [2.75, 3.05) is 12.4 Å². The third-order valence-corrected chi connectivity index (χ3v) is 3.83. The number of oxazole rings is 1. The monoisotopic (exact) mass is 350 g/mol. The number of rotatable bonds is 5. The molecule has 6 nitrogen and oxygen atoms in total. The van der Waals surface area contributed by atoms with Crippen molar-refractivity contribution >= 4 is 17.6 Å². The number of ether oxygens (including phenoxy) is 1. The maximum absolute atomic E-state index is 12.3.